The first-order chi connectivity index (χ1) is 17.2. The Morgan fingerprint density at radius 1 is 0.886 bits per heavy atom. The third-order valence-electron chi connectivity index (χ3n) is 7.33. The van der Waals surface area contributed by atoms with Crippen LogP contribution in [-0.2, 0) is 0 Å². The quantitative estimate of drug-likeness (QED) is 0.342. The summed E-state index contributed by atoms with van der Waals surface area (Å²) in [6.45, 7) is 0.978. The van der Waals surface area contributed by atoms with Crippen LogP contribution in [0.15, 0.2) is 50.4 Å². The molecule has 3 aromatic heterocycles. The molecule has 5 aromatic rings. The van der Waals surface area contributed by atoms with E-state index in [2.05, 4.69) is 10.1 Å². The molecule has 1 fully saturated rings. The van der Waals surface area contributed by atoms with Crippen molar-refractivity contribution in [3.63, 3.8) is 0 Å². The van der Waals surface area contributed by atoms with Gasteiger partial charge >= 0.3 is 0 Å². The molecule has 8 nitrogen and oxygen atoms in total. The number of nitrogens with zero attached hydrogens (tertiary/aromatic N) is 1. The van der Waals surface area contributed by atoms with E-state index in [1.807, 2.05) is 22.9 Å². The Labute approximate surface area is 199 Å². The highest BCUT2D eigenvalue weighted by atomic mass is 16.6. The number of fused-ring (bicyclic) bond motifs is 5. The maximum absolute atomic E-state index is 13.5. The van der Waals surface area contributed by atoms with Gasteiger partial charge < -0.3 is 18.9 Å². The predicted molar refractivity (Wildman–Crippen MR) is 134 cm³/mol. The number of nitrogens with one attached hydrogen (secondary N) is 2. The molecule has 0 radical (unpaired) electrons. The van der Waals surface area contributed by atoms with Crippen molar-refractivity contribution < 1.29 is 13.9 Å². The number of H-pyrrole nitrogens is 2. The van der Waals surface area contributed by atoms with Gasteiger partial charge in [0.25, 0.3) is 5.56 Å². The Balaban J connectivity index is 1.58. The number of aromatic amines is 2. The third-order valence-corrected chi connectivity index (χ3v) is 7.33. The second kappa shape index (κ2) is 7.80. The van der Waals surface area contributed by atoms with Gasteiger partial charge in [-0.3, -0.25) is 19.4 Å². The minimum atomic E-state index is -0.169. The van der Waals surface area contributed by atoms with Crippen molar-refractivity contribution in [1.82, 2.24) is 14.8 Å². The molecule has 2 aromatic carbocycles. The van der Waals surface area contributed by atoms with Crippen LogP contribution >= 0.6 is 0 Å². The Hall–Kier alpha value is -3.94. The summed E-state index contributed by atoms with van der Waals surface area (Å²) < 4.78 is 19.8. The monoisotopic (exact) mass is 471 g/mol. The largest absolute Gasteiger partial charge is 0.486 e. The van der Waals surface area contributed by atoms with Gasteiger partial charge in [0.1, 0.15) is 24.4 Å². The Bertz CT molecular complexity index is 1710. The zero-order valence-corrected chi connectivity index (χ0v) is 19.2. The zero-order valence-electron chi connectivity index (χ0n) is 19.2. The lowest BCUT2D eigenvalue weighted by molar-refractivity contribution is 0.171. The van der Waals surface area contributed by atoms with E-state index in [9.17, 15) is 9.59 Å². The molecule has 0 bridgehead atoms. The van der Waals surface area contributed by atoms with E-state index < -0.39 is 0 Å². The molecule has 1 saturated carbocycles. The highest BCUT2D eigenvalue weighted by Gasteiger charge is 2.26. The summed E-state index contributed by atoms with van der Waals surface area (Å²) in [6, 6.07) is 10.7. The number of hydrogen-bond acceptors (Lipinski definition) is 5. The normalized spacial score (nSPS) is 16.8. The van der Waals surface area contributed by atoms with Crippen LogP contribution in [0, 0.1) is 0 Å². The number of furan rings is 1. The summed E-state index contributed by atoms with van der Waals surface area (Å²) in [5.74, 6) is 1.32. The van der Waals surface area contributed by atoms with Gasteiger partial charge in [-0.05, 0) is 42.7 Å². The molecule has 0 amide bonds. The van der Waals surface area contributed by atoms with E-state index in [0.717, 1.165) is 47.8 Å². The number of hydrogen-bond donors (Lipinski definition) is 2. The van der Waals surface area contributed by atoms with Crippen LogP contribution in [-0.4, -0.2) is 28.0 Å². The minimum Gasteiger partial charge on any atom is -0.486 e. The lowest BCUT2D eigenvalue weighted by Crippen LogP contribution is -2.15. The van der Waals surface area contributed by atoms with Crippen LogP contribution in [0.25, 0.3) is 44.2 Å². The Morgan fingerprint density at radius 2 is 1.69 bits per heavy atom. The Morgan fingerprint density at radius 3 is 2.51 bits per heavy atom. The standard InChI is InChI=1S/C27H25N3O5/c31-17-8-9-18-20(14-17)35-25-22(15-7-10-19-21(13-15)34-12-11-33-19)23-26(28-24(18)25)30(29-27(23)32)16-5-3-1-2-4-6-16/h7-10,13-14,16,28H,1-6,11-12H2,(H,29,32). The lowest BCUT2D eigenvalue weighted by Gasteiger charge is -2.19. The molecular formula is C27H25N3O5. The Kier molecular flexibility index (Phi) is 4.55. The molecule has 0 saturated heterocycles. The first-order valence-electron chi connectivity index (χ1n) is 12.3. The predicted octanol–water partition coefficient (Wildman–Crippen LogP) is 5.25. The van der Waals surface area contributed by atoms with Crippen LogP contribution in [0.5, 0.6) is 11.5 Å². The number of pyridine rings is 1. The molecule has 2 aliphatic rings. The SMILES string of the molecule is O=c1ccc2c(c1)oc1c(-c3ccc4c(c3)OCCO4)c3c(=O)[nH]n(C4CCCCCC4)c3[nH]c12. The number of ether oxygens (including phenoxy) is 2. The summed E-state index contributed by atoms with van der Waals surface area (Å²) in [5, 5.41) is 4.47. The summed E-state index contributed by atoms with van der Waals surface area (Å²) in [6.07, 6.45) is 6.78. The molecule has 1 aliphatic heterocycles. The minimum absolute atomic E-state index is 0.122. The summed E-state index contributed by atoms with van der Waals surface area (Å²) >= 11 is 0. The second-order valence-electron chi connectivity index (χ2n) is 9.50. The average Bonchev–Trinajstić information content (AvgIpc) is 3.25. The molecule has 4 heterocycles. The van der Waals surface area contributed by atoms with E-state index in [0.29, 0.717) is 46.8 Å². The maximum atomic E-state index is 13.5. The van der Waals surface area contributed by atoms with Crippen molar-refractivity contribution in [2.45, 2.75) is 44.6 Å². The molecule has 0 unspecified atom stereocenters. The number of rotatable bonds is 2. The van der Waals surface area contributed by atoms with Crippen molar-refractivity contribution in [3.05, 3.63) is 57.0 Å². The van der Waals surface area contributed by atoms with Crippen molar-refractivity contribution in [3.8, 4) is 22.6 Å². The second-order valence-corrected chi connectivity index (χ2v) is 9.50. The molecule has 8 heteroatoms. The zero-order chi connectivity index (χ0) is 23.5. The molecule has 1 aliphatic carbocycles. The van der Waals surface area contributed by atoms with Gasteiger partial charge in [0.2, 0.25) is 0 Å². The first-order valence-corrected chi connectivity index (χ1v) is 12.3. The average molecular weight is 472 g/mol. The molecule has 7 rings (SSSR count). The van der Waals surface area contributed by atoms with Gasteiger partial charge in [0.05, 0.1) is 16.9 Å². The summed E-state index contributed by atoms with van der Waals surface area (Å²) in [7, 11) is 0. The van der Waals surface area contributed by atoms with Crippen LogP contribution in [0.4, 0.5) is 0 Å². The highest BCUT2D eigenvalue weighted by molar-refractivity contribution is 6.14. The van der Waals surface area contributed by atoms with Crippen molar-refractivity contribution in [2.24, 2.45) is 0 Å². The third kappa shape index (κ3) is 3.20. The number of aromatic nitrogens is 3. The summed E-state index contributed by atoms with van der Waals surface area (Å²) in [4.78, 5) is 29.0. The van der Waals surface area contributed by atoms with Crippen LogP contribution in [0.2, 0.25) is 0 Å². The van der Waals surface area contributed by atoms with Gasteiger partial charge in [-0.1, -0.05) is 31.7 Å². The smallest absolute Gasteiger partial charge is 0.274 e. The lowest BCUT2D eigenvalue weighted by atomic mass is 10.0. The fourth-order valence-electron chi connectivity index (χ4n) is 5.68. The van der Waals surface area contributed by atoms with Crippen LogP contribution in [0.3, 0.4) is 0 Å². The van der Waals surface area contributed by atoms with Crippen molar-refractivity contribution in [1.29, 1.82) is 0 Å². The topological polar surface area (TPSA) is 102 Å². The molecule has 2 N–H and O–H groups in total. The molecule has 0 spiro atoms. The molecule has 35 heavy (non-hydrogen) atoms. The van der Waals surface area contributed by atoms with Crippen LogP contribution < -0.4 is 20.5 Å². The highest BCUT2D eigenvalue weighted by Crippen LogP contribution is 2.42. The van der Waals surface area contributed by atoms with Gasteiger partial charge in [0.15, 0.2) is 22.5 Å². The van der Waals surface area contributed by atoms with Gasteiger partial charge in [-0.25, -0.2) is 0 Å². The van der Waals surface area contributed by atoms with Gasteiger partial charge in [-0.15, -0.1) is 0 Å². The maximum Gasteiger partial charge on any atom is 0.274 e. The van der Waals surface area contributed by atoms with E-state index in [4.69, 9.17) is 13.9 Å². The van der Waals surface area contributed by atoms with Crippen molar-refractivity contribution in [2.75, 3.05) is 13.2 Å². The van der Waals surface area contributed by atoms with Gasteiger partial charge in [0, 0.05) is 17.0 Å². The molecule has 0 atom stereocenters. The van der Waals surface area contributed by atoms with E-state index in [1.54, 1.807) is 6.07 Å². The first kappa shape index (κ1) is 20.4. The fraction of sp³-hybridized carbons (Fsp3) is 0.333. The number of benzene rings is 2. The van der Waals surface area contributed by atoms with Gasteiger partial charge in [-0.2, -0.15) is 0 Å². The van der Waals surface area contributed by atoms with Crippen LogP contribution in [0.1, 0.15) is 44.6 Å². The van der Waals surface area contributed by atoms with E-state index in [-0.39, 0.29) is 17.0 Å². The molecular weight excluding hydrogens is 446 g/mol. The van der Waals surface area contributed by atoms with Crippen molar-refractivity contribution >= 4 is 33.1 Å². The van der Waals surface area contributed by atoms with E-state index >= 15 is 0 Å². The summed E-state index contributed by atoms with van der Waals surface area (Å²) in [5.41, 5.74) is 3.73. The molecule has 178 valence electrons. The van der Waals surface area contributed by atoms with E-state index in [1.165, 1.54) is 25.0 Å². The fourth-order valence-corrected chi connectivity index (χ4v) is 5.68.